The molecule has 0 atom stereocenters. The van der Waals surface area contributed by atoms with Crippen LogP contribution >= 0.6 is 0 Å². The summed E-state index contributed by atoms with van der Waals surface area (Å²) in [6, 6.07) is 4.03. The zero-order valence-corrected chi connectivity index (χ0v) is 13.6. The molecule has 1 heterocycles. The first-order chi connectivity index (χ1) is 9.19. The van der Waals surface area contributed by atoms with Crippen molar-refractivity contribution >= 4 is 5.91 Å². The molecule has 0 saturated heterocycles. The van der Waals surface area contributed by atoms with E-state index in [0.29, 0.717) is 19.5 Å². The highest BCUT2D eigenvalue weighted by molar-refractivity contribution is 5.76. The van der Waals surface area contributed by atoms with Crippen LogP contribution in [-0.2, 0) is 11.3 Å². The van der Waals surface area contributed by atoms with Gasteiger partial charge in [-0.3, -0.25) is 4.79 Å². The third-order valence-corrected chi connectivity index (χ3v) is 3.06. The molecule has 4 nitrogen and oxygen atoms in total. The van der Waals surface area contributed by atoms with E-state index in [0.717, 1.165) is 11.5 Å². The maximum Gasteiger partial charge on any atom is 0.224 e. The van der Waals surface area contributed by atoms with Gasteiger partial charge in [0.25, 0.3) is 0 Å². The molecule has 114 valence electrons. The Kier molecular flexibility index (Phi) is 5.81. The highest BCUT2D eigenvalue weighted by Gasteiger charge is 2.19. The fourth-order valence-electron chi connectivity index (χ4n) is 1.98. The van der Waals surface area contributed by atoms with Crippen LogP contribution in [0.15, 0.2) is 16.5 Å². The Labute approximate surface area is 122 Å². The molecule has 0 aliphatic rings. The number of nitrogens with zero attached hydrogens (tertiary/aromatic N) is 1. The summed E-state index contributed by atoms with van der Waals surface area (Å²) in [6.07, 6.45) is 0.509. The summed E-state index contributed by atoms with van der Waals surface area (Å²) in [5.74, 6) is 1.88. The highest BCUT2D eigenvalue weighted by Crippen LogP contribution is 2.13. The summed E-state index contributed by atoms with van der Waals surface area (Å²) in [5, 5.41) is 3.34. The molecule has 1 rings (SSSR count). The van der Waals surface area contributed by atoms with Crippen LogP contribution in [0.1, 0.15) is 52.6 Å². The largest absolute Gasteiger partial charge is 0.464 e. The molecule has 0 spiro atoms. The predicted octanol–water partition coefficient (Wildman–Crippen LogP) is 3.10. The monoisotopic (exact) mass is 280 g/mol. The average molecular weight is 280 g/mol. The highest BCUT2D eigenvalue weighted by atomic mass is 16.3. The van der Waals surface area contributed by atoms with E-state index < -0.39 is 0 Å². The molecule has 20 heavy (non-hydrogen) atoms. The standard InChI is InChI=1S/C16H28N2O2/c1-12(2)18(11-14-8-7-13(3)20-14)15(19)9-10-17-16(4,5)6/h7-8,12,17H,9-11H2,1-6H3. The van der Waals surface area contributed by atoms with Crippen molar-refractivity contribution in [3.05, 3.63) is 23.7 Å². The smallest absolute Gasteiger partial charge is 0.224 e. The summed E-state index contributed by atoms with van der Waals surface area (Å²) in [5.41, 5.74) is 0.0427. The van der Waals surface area contributed by atoms with Crippen molar-refractivity contribution in [2.75, 3.05) is 6.54 Å². The first kappa shape index (κ1) is 16.8. The Balaban J connectivity index is 2.55. The van der Waals surface area contributed by atoms with E-state index in [9.17, 15) is 4.79 Å². The number of rotatable bonds is 6. The van der Waals surface area contributed by atoms with Gasteiger partial charge in [-0.05, 0) is 53.7 Å². The number of furan rings is 1. The van der Waals surface area contributed by atoms with Gasteiger partial charge in [-0.1, -0.05) is 0 Å². The molecule has 4 heteroatoms. The van der Waals surface area contributed by atoms with E-state index >= 15 is 0 Å². The second-order valence-electron chi connectivity index (χ2n) is 6.55. The molecule has 0 fully saturated rings. The molecule has 1 aromatic rings. The quantitative estimate of drug-likeness (QED) is 0.871. The van der Waals surface area contributed by atoms with E-state index in [1.54, 1.807) is 0 Å². The number of carbonyl (C=O) groups excluding carboxylic acids is 1. The van der Waals surface area contributed by atoms with Crippen molar-refractivity contribution in [1.29, 1.82) is 0 Å². The minimum absolute atomic E-state index is 0.0427. The summed E-state index contributed by atoms with van der Waals surface area (Å²) in [7, 11) is 0. The molecule has 1 aromatic heterocycles. The zero-order valence-electron chi connectivity index (χ0n) is 13.6. The van der Waals surface area contributed by atoms with Crippen molar-refractivity contribution in [1.82, 2.24) is 10.2 Å². The van der Waals surface area contributed by atoms with Gasteiger partial charge in [0.1, 0.15) is 11.5 Å². The maximum atomic E-state index is 12.3. The van der Waals surface area contributed by atoms with Crippen LogP contribution < -0.4 is 5.32 Å². The molecule has 0 radical (unpaired) electrons. The van der Waals surface area contributed by atoms with Gasteiger partial charge >= 0.3 is 0 Å². The Morgan fingerprint density at radius 2 is 2.00 bits per heavy atom. The first-order valence-corrected chi connectivity index (χ1v) is 7.29. The van der Waals surface area contributed by atoms with Crippen LogP contribution in [0.2, 0.25) is 0 Å². The van der Waals surface area contributed by atoms with Gasteiger partial charge in [-0.25, -0.2) is 0 Å². The Morgan fingerprint density at radius 1 is 1.35 bits per heavy atom. The number of nitrogens with one attached hydrogen (secondary N) is 1. The molecular weight excluding hydrogens is 252 g/mol. The maximum absolute atomic E-state index is 12.3. The van der Waals surface area contributed by atoms with Crippen molar-refractivity contribution in [2.24, 2.45) is 0 Å². The van der Waals surface area contributed by atoms with Gasteiger partial charge in [-0.2, -0.15) is 0 Å². The topological polar surface area (TPSA) is 45.5 Å². The molecule has 1 N–H and O–H groups in total. The summed E-state index contributed by atoms with van der Waals surface area (Å²) in [6.45, 7) is 13.5. The van der Waals surface area contributed by atoms with Gasteiger partial charge in [0.2, 0.25) is 5.91 Å². The lowest BCUT2D eigenvalue weighted by molar-refractivity contribution is -0.133. The summed E-state index contributed by atoms with van der Waals surface area (Å²) >= 11 is 0. The van der Waals surface area contributed by atoms with Gasteiger partial charge in [0, 0.05) is 24.5 Å². The summed E-state index contributed by atoms with van der Waals surface area (Å²) in [4.78, 5) is 14.2. The van der Waals surface area contributed by atoms with Gasteiger partial charge in [0.15, 0.2) is 0 Å². The molecule has 0 aromatic carbocycles. The van der Waals surface area contributed by atoms with Crippen LogP contribution in [0, 0.1) is 6.92 Å². The molecule has 0 aliphatic heterocycles. The first-order valence-electron chi connectivity index (χ1n) is 7.29. The number of hydrogen-bond donors (Lipinski definition) is 1. The van der Waals surface area contributed by atoms with E-state index in [-0.39, 0.29) is 17.5 Å². The van der Waals surface area contributed by atoms with Crippen LogP contribution in [0.3, 0.4) is 0 Å². The Bertz CT molecular complexity index is 430. The van der Waals surface area contributed by atoms with Crippen molar-refractivity contribution < 1.29 is 9.21 Å². The van der Waals surface area contributed by atoms with Crippen molar-refractivity contribution in [3.8, 4) is 0 Å². The van der Waals surface area contributed by atoms with Gasteiger partial charge in [-0.15, -0.1) is 0 Å². The Hall–Kier alpha value is -1.29. The lowest BCUT2D eigenvalue weighted by Gasteiger charge is -2.27. The van der Waals surface area contributed by atoms with Crippen LogP contribution in [-0.4, -0.2) is 28.9 Å². The number of hydrogen-bond acceptors (Lipinski definition) is 3. The molecule has 0 saturated carbocycles. The van der Waals surface area contributed by atoms with Gasteiger partial charge in [0.05, 0.1) is 6.54 Å². The van der Waals surface area contributed by atoms with E-state index in [1.165, 1.54) is 0 Å². The zero-order chi connectivity index (χ0) is 15.3. The van der Waals surface area contributed by atoms with E-state index in [2.05, 4.69) is 26.1 Å². The normalized spacial score (nSPS) is 11.9. The molecular formula is C16H28N2O2. The van der Waals surface area contributed by atoms with Crippen molar-refractivity contribution in [2.45, 2.75) is 66.1 Å². The van der Waals surface area contributed by atoms with Gasteiger partial charge < -0.3 is 14.6 Å². The number of carbonyl (C=O) groups is 1. The lowest BCUT2D eigenvalue weighted by atomic mass is 10.1. The minimum Gasteiger partial charge on any atom is -0.464 e. The molecule has 0 bridgehead atoms. The SMILES string of the molecule is Cc1ccc(CN(C(=O)CCNC(C)(C)C)C(C)C)o1. The molecule has 1 amide bonds. The number of aryl methyl sites for hydroxylation is 1. The minimum atomic E-state index is 0.0427. The van der Waals surface area contributed by atoms with E-state index in [4.69, 9.17) is 4.42 Å². The third kappa shape index (κ3) is 5.78. The van der Waals surface area contributed by atoms with Crippen LogP contribution in [0.5, 0.6) is 0 Å². The van der Waals surface area contributed by atoms with Crippen LogP contribution in [0.25, 0.3) is 0 Å². The Morgan fingerprint density at radius 3 is 2.45 bits per heavy atom. The van der Waals surface area contributed by atoms with Crippen LogP contribution in [0.4, 0.5) is 0 Å². The second-order valence-corrected chi connectivity index (χ2v) is 6.55. The van der Waals surface area contributed by atoms with Crippen molar-refractivity contribution in [3.63, 3.8) is 0 Å². The molecule has 0 unspecified atom stereocenters. The average Bonchev–Trinajstić information content (AvgIpc) is 2.69. The fourth-order valence-corrected chi connectivity index (χ4v) is 1.98. The third-order valence-electron chi connectivity index (χ3n) is 3.06. The van der Waals surface area contributed by atoms with E-state index in [1.807, 2.05) is 37.8 Å². The lowest BCUT2D eigenvalue weighted by Crippen LogP contribution is -2.41. The number of amides is 1. The fraction of sp³-hybridized carbons (Fsp3) is 0.688. The predicted molar refractivity (Wildman–Crippen MR) is 81.5 cm³/mol. The second kappa shape index (κ2) is 6.93. The summed E-state index contributed by atoms with van der Waals surface area (Å²) < 4.78 is 5.56. The molecule has 0 aliphatic carbocycles.